The quantitative estimate of drug-likeness (QED) is 0.279. The van der Waals surface area contributed by atoms with Gasteiger partial charge in [-0.1, -0.05) is 6.07 Å². The smallest absolute Gasteiger partial charge is 0.331 e. The molecule has 3 heterocycles. The molecule has 1 fully saturated rings. The standard InChI is InChI=1S/C21H24N8O5S/c1-14-10-16(12-24-26-20-19(29(30)31)13-23-21(22)25-20)15(2)28(14)17-4-3-5-18(11-17)35(32,33)27-6-8-34-9-7-27/h3-5,10-13H,6-9H2,1-2H3,(H3,22,23,25,26)/b24-12+. The molecule has 0 amide bonds. The van der Waals surface area contributed by atoms with Crippen LogP contribution in [0.3, 0.4) is 0 Å². The minimum atomic E-state index is -3.64. The Morgan fingerprint density at radius 1 is 1.26 bits per heavy atom. The van der Waals surface area contributed by atoms with Crippen LogP contribution in [-0.2, 0) is 14.8 Å². The number of benzene rings is 1. The van der Waals surface area contributed by atoms with Crippen LogP contribution in [0.1, 0.15) is 17.0 Å². The summed E-state index contributed by atoms with van der Waals surface area (Å²) in [5.41, 5.74) is 10.7. The number of hydrogen-bond acceptors (Lipinski definition) is 10. The number of hydrogen-bond donors (Lipinski definition) is 2. The number of nitrogens with zero attached hydrogens (tertiary/aromatic N) is 6. The van der Waals surface area contributed by atoms with Gasteiger partial charge in [0.1, 0.15) is 6.20 Å². The van der Waals surface area contributed by atoms with E-state index in [1.165, 1.54) is 10.5 Å². The van der Waals surface area contributed by atoms with Gasteiger partial charge in [0.05, 0.1) is 29.2 Å². The first-order valence-corrected chi connectivity index (χ1v) is 12.1. The second kappa shape index (κ2) is 9.77. The van der Waals surface area contributed by atoms with E-state index in [0.717, 1.165) is 23.1 Å². The summed E-state index contributed by atoms with van der Waals surface area (Å²) in [5.74, 6) is -0.257. The van der Waals surface area contributed by atoms with Crippen molar-refractivity contribution in [2.24, 2.45) is 5.10 Å². The fraction of sp³-hybridized carbons (Fsp3) is 0.286. The van der Waals surface area contributed by atoms with Crippen LogP contribution in [-0.4, -0.2) is 64.7 Å². The second-order valence-corrected chi connectivity index (χ2v) is 9.70. The lowest BCUT2D eigenvalue weighted by Gasteiger charge is -2.26. The van der Waals surface area contributed by atoms with Gasteiger partial charge >= 0.3 is 5.69 Å². The Hall–Kier alpha value is -3.88. The summed E-state index contributed by atoms with van der Waals surface area (Å²) in [5, 5.41) is 15.2. The molecule has 3 aromatic rings. The minimum Gasteiger partial charge on any atom is -0.379 e. The van der Waals surface area contributed by atoms with Gasteiger partial charge in [0, 0.05) is 35.7 Å². The van der Waals surface area contributed by atoms with Crippen LogP contribution in [0, 0.1) is 24.0 Å². The van der Waals surface area contributed by atoms with Crippen molar-refractivity contribution in [3.8, 4) is 5.69 Å². The van der Waals surface area contributed by atoms with Crippen LogP contribution < -0.4 is 11.2 Å². The summed E-state index contributed by atoms with van der Waals surface area (Å²) in [6, 6.07) is 8.61. The van der Waals surface area contributed by atoms with E-state index in [0.29, 0.717) is 32.0 Å². The molecule has 1 aliphatic rings. The van der Waals surface area contributed by atoms with Gasteiger partial charge in [-0.2, -0.15) is 14.4 Å². The summed E-state index contributed by atoms with van der Waals surface area (Å²) >= 11 is 0. The highest BCUT2D eigenvalue weighted by molar-refractivity contribution is 7.89. The third-order valence-electron chi connectivity index (χ3n) is 5.51. The Balaban J connectivity index is 1.61. The predicted molar refractivity (Wildman–Crippen MR) is 129 cm³/mol. The average molecular weight is 501 g/mol. The van der Waals surface area contributed by atoms with Crippen molar-refractivity contribution < 1.29 is 18.1 Å². The van der Waals surface area contributed by atoms with E-state index in [1.54, 1.807) is 18.2 Å². The molecular weight excluding hydrogens is 476 g/mol. The van der Waals surface area contributed by atoms with Crippen molar-refractivity contribution in [3.63, 3.8) is 0 Å². The number of aryl methyl sites for hydroxylation is 1. The highest BCUT2D eigenvalue weighted by Crippen LogP contribution is 2.25. The van der Waals surface area contributed by atoms with E-state index in [-0.39, 0.29) is 22.3 Å². The Morgan fingerprint density at radius 3 is 2.71 bits per heavy atom. The molecule has 3 N–H and O–H groups in total. The summed E-state index contributed by atoms with van der Waals surface area (Å²) in [6.45, 7) is 5.13. The molecule has 1 aliphatic heterocycles. The summed E-state index contributed by atoms with van der Waals surface area (Å²) in [7, 11) is -3.64. The van der Waals surface area contributed by atoms with Crippen LogP contribution in [0.2, 0.25) is 0 Å². The molecule has 14 heteroatoms. The van der Waals surface area contributed by atoms with E-state index >= 15 is 0 Å². The number of anilines is 2. The summed E-state index contributed by atoms with van der Waals surface area (Å²) in [4.78, 5) is 18.2. The van der Waals surface area contributed by atoms with E-state index in [4.69, 9.17) is 10.5 Å². The van der Waals surface area contributed by atoms with Gasteiger partial charge in [0.25, 0.3) is 0 Å². The Labute approximate surface area is 201 Å². The molecule has 0 saturated carbocycles. The van der Waals surface area contributed by atoms with Gasteiger partial charge in [0.15, 0.2) is 0 Å². The lowest BCUT2D eigenvalue weighted by Crippen LogP contribution is -2.40. The number of aromatic nitrogens is 3. The van der Waals surface area contributed by atoms with E-state index < -0.39 is 14.9 Å². The average Bonchev–Trinajstić information content (AvgIpc) is 3.12. The van der Waals surface area contributed by atoms with Gasteiger partial charge in [-0.25, -0.2) is 13.4 Å². The van der Waals surface area contributed by atoms with Crippen molar-refractivity contribution >= 4 is 33.7 Å². The van der Waals surface area contributed by atoms with E-state index in [9.17, 15) is 18.5 Å². The number of nitro groups is 1. The number of morpholine rings is 1. The second-order valence-electron chi connectivity index (χ2n) is 7.76. The lowest BCUT2D eigenvalue weighted by atomic mass is 10.2. The van der Waals surface area contributed by atoms with Gasteiger partial charge in [-0.15, -0.1) is 0 Å². The largest absolute Gasteiger partial charge is 0.379 e. The number of sulfonamides is 1. The number of nitrogens with two attached hydrogens (primary N) is 1. The van der Waals surface area contributed by atoms with Crippen LogP contribution in [0.4, 0.5) is 17.5 Å². The summed E-state index contributed by atoms with van der Waals surface area (Å²) < 4.78 is 34.8. The SMILES string of the molecule is Cc1cc(/C=N/Nc2nc(N)ncc2[N+](=O)[O-])c(C)n1-c1cccc(S(=O)(=O)N2CCOCC2)c1. The van der Waals surface area contributed by atoms with Crippen molar-refractivity contribution in [2.45, 2.75) is 18.7 Å². The molecule has 35 heavy (non-hydrogen) atoms. The maximum atomic E-state index is 13.1. The molecule has 0 unspecified atom stereocenters. The lowest BCUT2D eigenvalue weighted by molar-refractivity contribution is -0.384. The number of ether oxygens (including phenoxy) is 1. The first-order valence-electron chi connectivity index (χ1n) is 10.6. The van der Waals surface area contributed by atoms with Gasteiger partial charge in [-0.05, 0) is 38.1 Å². The normalized spacial score (nSPS) is 14.9. The highest BCUT2D eigenvalue weighted by Gasteiger charge is 2.26. The zero-order valence-corrected chi connectivity index (χ0v) is 19.9. The van der Waals surface area contributed by atoms with Crippen molar-refractivity contribution in [1.82, 2.24) is 18.8 Å². The molecule has 0 aliphatic carbocycles. The van der Waals surface area contributed by atoms with Crippen LogP contribution in [0.5, 0.6) is 0 Å². The number of nitrogens with one attached hydrogen (secondary N) is 1. The van der Waals surface area contributed by atoms with Gasteiger partial charge in [-0.3, -0.25) is 15.5 Å². The predicted octanol–water partition coefficient (Wildman–Crippen LogP) is 1.84. The topological polar surface area (TPSA) is 171 Å². The minimum absolute atomic E-state index is 0.126. The fourth-order valence-corrected chi connectivity index (χ4v) is 5.25. The fourth-order valence-electron chi connectivity index (χ4n) is 3.80. The van der Waals surface area contributed by atoms with Crippen LogP contribution in [0.25, 0.3) is 5.69 Å². The molecule has 2 aromatic heterocycles. The third kappa shape index (κ3) is 4.99. The zero-order valence-electron chi connectivity index (χ0n) is 19.1. The molecule has 4 rings (SSSR count). The summed E-state index contributed by atoms with van der Waals surface area (Å²) in [6.07, 6.45) is 2.50. The first kappa shape index (κ1) is 24.3. The number of nitrogen functional groups attached to an aromatic ring is 1. The van der Waals surface area contributed by atoms with Gasteiger partial charge < -0.3 is 15.0 Å². The first-order chi connectivity index (χ1) is 16.7. The van der Waals surface area contributed by atoms with Gasteiger partial charge in [0.2, 0.25) is 21.8 Å². The molecular formula is C21H24N8O5S. The van der Waals surface area contributed by atoms with E-state index in [1.807, 2.05) is 30.5 Å². The van der Waals surface area contributed by atoms with Crippen LogP contribution >= 0.6 is 0 Å². The molecule has 0 spiro atoms. The molecule has 13 nitrogen and oxygen atoms in total. The molecule has 0 atom stereocenters. The van der Waals surface area contributed by atoms with Crippen molar-refractivity contribution in [2.75, 3.05) is 37.5 Å². The Bertz CT molecular complexity index is 1400. The third-order valence-corrected chi connectivity index (χ3v) is 7.41. The molecule has 1 saturated heterocycles. The van der Waals surface area contributed by atoms with Crippen molar-refractivity contribution in [1.29, 1.82) is 0 Å². The molecule has 0 radical (unpaired) electrons. The molecule has 0 bridgehead atoms. The highest BCUT2D eigenvalue weighted by atomic mass is 32.2. The molecule has 1 aromatic carbocycles. The monoisotopic (exact) mass is 500 g/mol. The maximum Gasteiger partial charge on any atom is 0.331 e. The maximum absolute atomic E-state index is 13.1. The van der Waals surface area contributed by atoms with Crippen molar-refractivity contribution in [3.05, 3.63) is 63.6 Å². The zero-order chi connectivity index (χ0) is 25.2. The molecule has 184 valence electrons. The van der Waals surface area contributed by atoms with Crippen LogP contribution in [0.15, 0.2) is 46.5 Å². The van der Waals surface area contributed by atoms with E-state index in [2.05, 4.69) is 20.5 Å². The number of hydrazone groups is 1. The Morgan fingerprint density at radius 2 is 2.00 bits per heavy atom. The Kier molecular flexibility index (Phi) is 6.77. The number of rotatable bonds is 7.